The second-order valence-corrected chi connectivity index (χ2v) is 7.91. The van der Waals surface area contributed by atoms with Crippen molar-refractivity contribution in [2.24, 2.45) is 0 Å². The van der Waals surface area contributed by atoms with Gasteiger partial charge in [0.05, 0.1) is 0 Å². The summed E-state index contributed by atoms with van der Waals surface area (Å²) >= 11 is 17.7. The van der Waals surface area contributed by atoms with Crippen molar-refractivity contribution in [2.45, 2.75) is 6.54 Å². The highest BCUT2D eigenvalue weighted by atomic mass is 35.5. The van der Waals surface area contributed by atoms with Gasteiger partial charge in [0.15, 0.2) is 5.11 Å². The first-order valence-electron chi connectivity index (χ1n) is 8.66. The van der Waals surface area contributed by atoms with Gasteiger partial charge in [0, 0.05) is 53.3 Å². The van der Waals surface area contributed by atoms with Crippen LogP contribution >= 0.6 is 35.4 Å². The van der Waals surface area contributed by atoms with E-state index in [1.54, 1.807) is 18.0 Å². The molecule has 2 heterocycles. The fraction of sp³-hybridized carbons (Fsp3) is 0.143. The van der Waals surface area contributed by atoms with Gasteiger partial charge in [-0.2, -0.15) is 0 Å². The van der Waals surface area contributed by atoms with Crippen molar-refractivity contribution in [3.63, 3.8) is 0 Å². The number of carbonyl (C=O) groups is 1. The zero-order valence-electron chi connectivity index (χ0n) is 15.3. The number of likely N-dealkylation sites (N-methyl/N-ethyl adjacent to an activating group) is 2. The van der Waals surface area contributed by atoms with Crippen molar-refractivity contribution < 1.29 is 4.79 Å². The second-order valence-electron chi connectivity index (χ2n) is 6.70. The third-order valence-corrected chi connectivity index (χ3v) is 6.06. The Bertz CT molecular complexity index is 1150. The number of amides is 1. The number of thiocarbonyl (C=S) groups is 1. The van der Waals surface area contributed by atoms with Gasteiger partial charge >= 0.3 is 0 Å². The zero-order chi connectivity index (χ0) is 20.0. The van der Waals surface area contributed by atoms with E-state index in [1.165, 1.54) is 4.90 Å². The monoisotopic (exact) mass is 429 g/mol. The molecule has 0 N–H and O–H groups in total. The van der Waals surface area contributed by atoms with Gasteiger partial charge in [-0.15, -0.1) is 0 Å². The molecule has 0 spiro atoms. The minimum absolute atomic E-state index is 0.106. The molecule has 1 fully saturated rings. The Balaban J connectivity index is 1.80. The van der Waals surface area contributed by atoms with Crippen LogP contribution in [0.1, 0.15) is 11.1 Å². The predicted octanol–water partition coefficient (Wildman–Crippen LogP) is 5.03. The molecule has 0 aliphatic carbocycles. The average molecular weight is 430 g/mol. The van der Waals surface area contributed by atoms with E-state index in [4.69, 9.17) is 35.4 Å². The maximum atomic E-state index is 12.5. The lowest BCUT2D eigenvalue weighted by Crippen LogP contribution is -2.26. The Morgan fingerprint density at radius 1 is 1.07 bits per heavy atom. The molecule has 4 rings (SSSR count). The number of nitrogens with zero attached hydrogens (tertiary/aromatic N) is 3. The van der Waals surface area contributed by atoms with Crippen LogP contribution < -0.4 is 0 Å². The summed E-state index contributed by atoms with van der Waals surface area (Å²) in [5, 5.41) is 2.79. The predicted molar refractivity (Wildman–Crippen MR) is 119 cm³/mol. The highest BCUT2D eigenvalue weighted by Crippen LogP contribution is 2.29. The third kappa shape index (κ3) is 3.20. The minimum atomic E-state index is -0.106. The van der Waals surface area contributed by atoms with E-state index in [9.17, 15) is 4.79 Å². The summed E-state index contributed by atoms with van der Waals surface area (Å²) in [7, 11) is 3.50. The fourth-order valence-electron chi connectivity index (χ4n) is 3.39. The quantitative estimate of drug-likeness (QED) is 0.431. The number of aromatic nitrogens is 1. The molecular formula is C21H17Cl2N3OS. The summed E-state index contributed by atoms with van der Waals surface area (Å²) in [6.45, 7) is 0.599. The molecule has 1 aliphatic heterocycles. The summed E-state index contributed by atoms with van der Waals surface area (Å²) in [4.78, 5) is 15.7. The fourth-order valence-corrected chi connectivity index (χ4v) is 4.04. The van der Waals surface area contributed by atoms with E-state index in [1.807, 2.05) is 49.7 Å². The first-order chi connectivity index (χ1) is 13.4. The molecule has 1 aliphatic rings. The summed E-state index contributed by atoms with van der Waals surface area (Å²) in [5.74, 6) is -0.106. The molecule has 4 nitrogen and oxygen atoms in total. The number of fused-ring (bicyclic) bond motifs is 1. The number of carbonyl (C=O) groups excluding carboxylic acids is 1. The smallest absolute Gasteiger partial charge is 0.276 e. The van der Waals surface area contributed by atoms with E-state index in [0.717, 1.165) is 22.0 Å². The van der Waals surface area contributed by atoms with Gasteiger partial charge in [0.1, 0.15) is 5.70 Å². The molecular weight excluding hydrogens is 413 g/mol. The van der Waals surface area contributed by atoms with Crippen molar-refractivity contribution in [1.82, 2.24) is 14.4 Å². The molecule has 1 amide bonds. The lowest BCUT2D eigenvalue weighted by molar-refractivity contribution is -0.121. The van der Waals surface area contributed by atoms with E-state index in [2.05, 4.69) is 10.6 Å². The number of benzene rings is 2. The first kappa shape index (κ1) is 19.0. The van der Waals surface area contributed by atoms with Gasteiger partial charge < -0.3 is 9.47 Å². The van der Waals surface area contributed by atoms with Gasteiger partial charge in [-0.25, -0.2) is 0 Å². The normalized spacial score (nSPS) is 16.1. The topological polar surface area (TPSA) is 28.5 Å². The molecule has 28 heavy (non-hydrogen) atoms. The molecule has 142 valence electrons. The van der Waals surface area contributed by atoms with E-state index in [0.29, 0.717) is 27.4 Å². The number of hydrogen-bond donors (Lipinski definition) is 0. The molecule has 2 aromatic carbocycles. The van der Waals surface area contributed by atoms with Crippen LogP contribution in [0.2, 0.25) is 10.0 Å². The van der Waals surface area contributed by atoms with Crippen LogP contribution in [-0.4, -0.2) is 39.5 Å². The number of para-hydroxylation sites is 1. The molecule has 1 aromatic heterocycles. The van der Waals surface area contributed by atoms with Crippen LogP contribution in [-0.2, 0) is 11.3 Å². The highest BCUT2D eigenvalue weighted by Gasteiger charge is 2.32. The number of hydrogen-bond acceptors (Lipinski definition) is 2. The Labute approximate surface area is 178 Å². The van der Waals surface area contributed by atoms with Gasteiger partial charge in [0.2, 0.25) is 0 Å². The average Bonchev–Trinajstić information content (AvgIpc) is 3.11. The minimum Gasteiger partial charge on any atom is -0.342 e. The van der Waals surface area contributed by atoms with Crippen LogP contribution in [0.4, 0.5) is 0 Å². The molecule has 0 saturated carbocycles. The van der Waals surface area contributed by atoms with Crippen molar-refractivity contribution in [2.75, 3.05) is 14.1 Å². The molecule has 1 saturated heterocycles. The van der Waals surface area contributed by atoms with Crippen LogP contribution in [0.3, 0.4) is 0 Å². The Morgan fingerprint density at radius 2 is 1.82 bits per heavy atom. The standard InChI is InChI=1S/C21H17Cl2N3OS/c1-24-19(20(27)25(2)21(24)28)9-14-12-26(18-6-4-3-5-16(14)18)11-13-7-8-15(22)10-17(13)23/h3-10,12H,11H2,1-2H3/b19-9-. The third-order valence-electron chi connectivity index (χ3n) is 4.93. The maximum absolute atomic E-state index is 12.5. The summed E-state index contributed by atoms with van der Waals surface area (Å²) in [5.41, 5.74) is 3.54. The number of rotatable bonds is 3. The Morgan fingerprint density at radius 3 is 2.50 bits per heavy atom. The molecule has 0 bridgehead atoms. The van der Waals surface area contributed by atoms with Crippen LogP contribution in [0.5, 0.6) is 0 Å². The van der Waals surface area contributed by atoms with Gasteiger partial charge in [-0.1, -0.05) is 47.5 Å². The summed E-state index contributed by atoms with van der Waals surface area (Å²) in [6.07, 6.45) is 3.92. The van der Waals surface area contributed by atoms with Crippen LogP contribution in [0, 0.1) is 0 Å². The highest BCUT2D eigenvalue weighted by molar-refractivity contribution is 7.80. The molecule has 7 heteroatoms. The number of halogens is 2. The van der Waals surface area contributed by atoms with Crippen molar-refractivity contribution in [3.8, 4) is 0 Å². The van der Waals surface area contributed by atoms with Crippen molar-refractivity contribution >= 4 is 63.4 Å². The van der Waals surface area contributed by atoms with E-state index < -0.39 is 0 Å². The molecule has 0 unspecified atom stereocenters. The zero-order valence-corrected chi connectivity index (χ0v) is 17.6. The second kappa shape index (κ2) is 7.24. The van der Waals surface area contributed by atoms with Crippen LogP contribution in [0.15, 0.2) is 54.4 Å². The van der Waals surface area contributed by atoms with Gasteiger partial charge in [0.25, 0.3) is 5.91 Å². The lowest BCUT2D eigenvalue weighted by Gasteiger charge is -2.10. The van der Waals surface area contributed by atoms with E-state index >= 15 is 0 Å². The van der Waals surface area contributed by atoms with Crippen molar-refractivity contribution in [3.05, 3.63) is 75.5 Å². The van der Waals surface area contributed by atoms with Gasteiger partial charge in [-0.3, -0.25) is 9.69 Å². The van der Waals surface area contributed by atoms with E-state index in [-0.39, 0.29) is 5.91 Å². The molecule has 0 radical (unpaired) electrons. The van der Waals surface area contributed by atoms with Crippen molar-refractivity contribution in [1.29, 1.82) is 0 Å². The first-order valence-corrected chi connectivity index (χ1v) is 9.82. The Hall–Kier alpha value is -2.34. The Kier molecular flexibility index (Phi) is 4.91. The maximum Gasteiger partial charge on any atom is 0.276 e. The lowest BCUT2D eigenvalue weighted by atomic mass is 10.1. The summed E-state index contributed by atoms with van der Waals surface area (Å²) < 4.78 is 2.12. The summed E-state index contributed by atoms with van der Waals surface area (Å²) in [6, 6.07) is 13.6. The van der Waals surface area contributed by atoms with Crippen LogP contribution in [0.25, 0.3) is 17.0 Å². The molecule has 3 aromatic rings. The largest absolute Gasteiger partial charge is 0.342 e. The molecule has 0 atom stereocenters. The SMILES string of the molecule is CN1C(=O)/C(=C/c2cn(Cc3ccc(Cl)cc3Cl)c3ccccc23)N(C)C1=S. The van der Waals surface area contributed by atoms with Gasteiger partial charge in [-0.05, 0) is 42.1 Å².